The van der Waals surface area contributed by atoms with Gasteiger partial charge in [-0.3, -0.25) is 9.05 Å². The Balaban J connectivity index is 4.12. The number of phosphoric acid groups is 1. The summed E-state index contributed by atoms with van der Waals surface area (Å²) in [6.45, 7) is 7.48. The fraction of sp³-hybridized carbons (Fsp3) is 0.667. The standard InChI is InChI=1S/C12H24NO6P/c1-6-16-10-12(17-7-2)11-19-20(14,15)18-9-8-13(3,4)5/h6-7,12H,1-2,8-11H2,3-5H3/p+1/t12-/m1/s1. The number of quaternary nitrogens is 1. The molecule has 20 heavy (non-hydrogen) atoms. The Hall–Kier alpha value is -0.850. The Morgan fingerprint density at radius 1 is 1.20 bits per heavy atom. The Labute approximate surface area is 120 Å². The summed E-state index contributed by atoms with van der Waals surface area (Å²) < 4.78 is 32.0. The van der Waals surface area contributed by atoms with Crippen molar-refractivity contribution in [3.8, 4) is 0 Å². The van der Waals surface area contributed by atoms with Crippen LogP contribution < -0.4 is 0 Å². The van der Waals surface area contributed by atoms with Crippen LogP contribution in [0.2, 0.25) is 0 Å². The number of rotatable bonds is 12. The maximum Gasteiger partial charge on any atom is 0.472 e. The van der Waals surface area contributed by atoms with E-state index in [9.17, 15) is 9.46 Å². The molecule has 0 heterocycles. The second-order valence-electron chi connectivity index (χ2n) is 5.04. The monoisotopic (exact) mass is 310 g/mol. The third-order valence-electron chi connectivity index (χ3n) is 2.13. The van der Waals surface area contributed by atoms with E-state index in [2.05, 4.69) is 13.2 Å². The third kappa shape index (κ3) is 11.0. The number of nitrogens with zero attached hydrogens (tertiary/aromatic N) is 1. The molecule has 8 heteroatoms. The zero-order valence-electron chi connectivity index (χ0n) is 12.4. The van der Waals surface area contributed by atoms with E-state index in [0.29, 0.717) is 11.0 Å². The van der Waals surface area contributed by atoms with Crippen LogP contribution in [0.25, 0.3) is 0 Å². The first-order chi connectivity index (χ1) is 9.20. The van der Waals surface area contributed by atoms with Crippen LogP contribution in [0, 0.1) is 0 Å². The summed E-state index contributed by atoms with van der Waals surface area (Å²) in [5, 5.41) is 0. The van der Waals surface area contributed by atoms with E-state index < -0.39 is 13.9 Å². The molecule has 0 aromatic carbocycles. The average molecular weight is 310 g/mol. The smallest absolute Gasteiger partial charge is 0.472 e. The first-order valence-electron chi connectivity index (χ1n) is 6.11. The van der Waals surface area contributed by atoms with Crippen LogP contribution in [0.5, 0.6) is 0 Å². The molecule has 0 saturated carbocycles. The zero-order chi connectivity index (χ0) is 15.6. The summed E-state index contributed by atoms with van der Waals surface area (Å²) in [6, 6.07) is 0. The van der Waals surface area contributed by atoms with Gasteiger partial charge in [-0.05, 0) is 0 Å². The van der Waals surface area contributed by atoms with Crippen LogP contribution in [0.4, 0.5) is 0 Å². The van der Waals surface area contributed by atoms with Crippen molar-refractivity contribution in [2.45, 2.75) is 6.10 Å². The molecule has 7 nitrogen and oxygen atoms in total. The molecule has 0 saturated heterocycles. The van der Waals surface area contributed by atoms with Crippen LogP contribution in [0.15, 0.2) is 25.7 Å². The van der Waals surface area contributed by atoms with Gasteiger partial charge in [0.1, 0.15) is 19.8 Å². The third-order valence-corrected chi connectivity index (χ3v) is 3.11. The fourth-order valence-electron chi connectivity index (χ4n) is 1.08. The van der Waals surface area contributed by atoms with Gasteiger partial charge in [0.15, 0.2) is 6.10 Å². The van der Waals surface area contributed by atoms with E-state index in [1.54, 1.807) is 0 Å². The first-order valence-corrected chi connectivity index (χ1v) is 7.61. The Morgan fingerprint density at radius 2 is 1.85 bits per heavy atom. The van der Waals surface area contributed by atoms with Gasteiger partial charge in [0.25, 0.3) is 0 Å². The van der Waals surface area contributed by atoms with Gasteiger partial charge < -0.3 is 18.9 Å². The van der Waals surface area contributed by atoms with E-state index >= 15 is 0 Å². The Bertz CT molecular complexity index is 341. The minimum atomic E-state index is -4.09. The molecule has 0 fully saturated rings. The molecule has 0 amide bonds. The van der Waals surface area contributed by atoms with Crippen LogP contribution >= 0.6 is 7.82 Å². The lowest BCUT2D eigenvalue weighted by atomic mass is 10.4. The summed E-state index contributed by atoms with van der Waals surface area (Å²) in [7, 11) is 1.76. The zero-order valence-corrected chi connectivity index (χ0v) is 13.3. The number of phosphoric ester groups is 1. The fourth-order valence-corrected chi connectivity index (χ4v) is 1.82. The van der Waals surface area contributed by atoms with Crippen molar-refractivity contribution in [1.82, 2.24) is 0 Å². The Kier molecular flexibility index (Phi) is 8.76. The molecule has 0 aliphatic carbocycles. The quantitative estimate of drug-likeness (QED) is 0.335. The molecule has 0 rings (SSSR count). The predicted octanol–water partition coefficient (Wildman–Crippen LogP) is 1.51. The van der Waals surface area contributed by atoms with Gasteiger partial charge >= 0.3 is 7.82 Å². The second kappa shape index (κ2) is 9.15. The van der Waals surface area contributed by atoms with Gasteiger partial charge in [-0.25, -0.2) is 4.57 Å². The summed E-state index contributed by atoms with van der Waals surface area (Å²) in [6.07, 6.45) is 1.89. The largest absolute Gasteiger partial charge is 0.498 e. The highest BCUT2D eigenvalue weighted by molar-refractivity contribution is 7.47. The van der Waals surface area contributed by atoms with Gasteiger partial charge in [-0.1, -0.05) is 13.2 Å². The maximum absolute atomic E-state index is 11.6. The molecule has 2 atom stereocenters. The number of likely N-dealkylation sites (N-methyl/N-ethyl adjacent to an activating group) is 1. The maximum atomic E-state index is 11.6. The molecule has 0 spiro atoms. The van der Waals surface area contributed by atoms with Gasteiger partial charge in [0, 0.05) is 0 Å². The highest BCUT2D eigenvalue weighted by Crippen LogP contribution is 2.43. The highest BCUT2D eigenvalue weighted by atomic mass is 31.2. The number of ether oxygens (including phenoxy) is 2. The van der Waals surface area contributed by atoms with Gasteiger partial charge in [-0.15, -0.1) is 0 Å². The molecular formula is C12H25NO6P+. The number of hydrogen-bond donors (Lipinski definition) is 1. The molecule has 118 valence electrons. The normalized spacial score (nSPS) is 16.0. The van der Waals surface area contributed by atoms with E-state index in [1.165, 1.54) is 12.5 Å². The Morgan fingerprint density at radius 3 is 2.35 bits per heavy atom. The first kappa shape index (κ1) is 19.1. The average Bonchev–Trinajstić information content (AvgIpc) is 2.31. The summed E-state index contributed by atoms with van der Waals surface area (Å²) in [5.41, 5.74) is 0. The topological polar surface area (TPSA) is 74.2 Å². The lowest BCUT2D eigenvalue weighted by Crippen LogP contribution is -2.37. The molecule has 1 unspecified atom stereocenters. The van der Waals surface area contributed by atoms with Crippen LogP contribution in [0.3, 0.4) is 0 Å². The van der Waals surface area contributed by atoms with Crippen LogP contribution in [-0.4, -0.2) is 63.0 Å². The van der Waals surface area contributed by atoms with Crippen molar-refractivity contribution in [2.24, 2.45) is 0 Å². The molecule has 0 radical (unpaired) electrons. The molecule has 0 aromatic heterocycles. The summed E-state index contributed by atoms with van der Waals surface area (Å²) in [4.78, 5) is 9.52. The van der Waals surface area contributed by atoms with Gasteiger partial charge in [-0.2, -0.15) is 0 Å². The summed E-state index contributed by atoms with van der Waals surface area (Å²) >= 11 is 0. The van der Waals surface area contributed by atoms with Gasteiger partial charge in [0.2, 0.25) is 0 Å². The van der Waals surface area contributed by atoms with Crippen molar-refractivity contribution in [2.75, 3.05) is 47.5 Å². The van der Waals surface area contributed by atoms with Crippen molar-refractivity contribution in [3.63, 3.8) is 0 Å². The molecule has 0 bridgehead atoms. The van der Waals surface area contributed by atoms with E-state index in [0.717, 1.165) is 0 Å². The molecule has 0 aromatic rings. The van der Waals surface area contributed by atoms with Crippen molar-refractivity contribution in [3.05, 3.63) is 25.7 Å². The van der Waals surface area contributed by atoms with Crippen LogP contribution in [-0.2, 0) is 23.1 Å². The lowest BCUT2D eigenvalue weighted by Gasteiger charge is -2.24. The van der Waals surface area contributed by atoms with Crippen molar-refractivity contribution >= 4 is 7.82 Å². The van der Waals surface area contributed by atoms with Crippen molar-refractivity contribution in [1.29, 1.82) is 0 Å². The number of hydrogen-bond acceptors (Lipinski definition) is 5. The second-order valence-corrected chi connectivity index (χ2v) is 6.49. The summed E-state index contributed by atoms with van der Waals surface area (Å²) in [5.74, 6) is 0. The highest BCUT2D eigenvalue weighted by Gasteiger charge is 2.25. The van der Waals surface area contributed by atoms with E-state index in [1.807, 2.05) is 21.1 Å². The van der Waals surface area contributed by atoms with Crippen molar-refractivity contribution < 1.29 is 32.5 Å². The molecule has 1 N–H and O–H groups in total. The lowest BCUT2D eigenvalue weighted by molar-refractivity contribution is -0.870. The molecular weight excluding hydrogens is 285 g/mol. The minimum absolute atomic E-state index is 0.118. The van der Waals surface area contributed by atoms with E-state index in [4.69, 9.17) is 18.5 Å². The molecule has 0 aliphatic rings. The SMILES string of the molecule is C=COC[C@H](COP(=O)(O)OCC[N+](C)(C)C)OC=C. The van der Waals surface area contributed by atoms with Gasteiger partial charge in [0.05, 0.1) is 40.3 Å². The predicted molar refractivity (Wildman–Crippen MR) is 75.8 cm³/mol. The molecule has 0 aliphatic heterocycles. The van der Waals surface area contributed by atoms with Crippen LogP contribution in [0.1, 0.15) is 0 Å². The van der Waals surface area contributed by atoms with E-state index in [-0.39, 0.29) is 19.8 Å². The minimum Gasteiger partial charge on any atom is -0.498 e.